The van der Waals surface area contributed by atoms with E-state index in [1.54, 1.807) is 11.3 Å². The van der Waals surface area contributed by atoms with Gasteiger partial charge in [0.15, 0.2) is 0 Å². The molecule has 20 heavy (non-hydrogen) atoms. The number of ether oxygens (including phenoxy) is 1. The number of hydrogen-bond donors (Lipinski definition) is 3. The highest BCUT2D eigenvalue weighted by molar-refractivity contribution is 7.16. The highest BCUT2D eigenvalue weighted by atomic mass is 32.1. The van der Waals surface area contributed by atoms with Crippen LogP contribution in [-0.2, 0) is 4.74 Å². The molecule has 4 N–H and O–H groups in total. The van der Waals surface area contributed by atoms with Crippen LogP contribution in [0.2, 0.25) is 0 Å². The molecule has 0 aliphatic carbocycles. The van der Waals surface area contributed by atoms with E-state index in [0.717, 1.165) is 42.2 Å². The number of fused-ring (bicyclic) bond motifs is 1. The van der Waals surface area contributed by atoms with E-state index in [1.165, 1.54) is 0 Å². The van der Waals surface area contributed by atoms with Gasteiger partial charge in [-0.15, -0.1) is 11.3 Å². The number of anilines is 2. The standard InChI is InChI=1S/C13H21N5OS/c1-9(2)8-19-6-3-5-15-11-10-4-7-20-12(10)17-13(16-11)18-14/h4,7,9H,3,5-6,8,14H2,1-2H3,(H2,15,16,17,18). The summed E-state index contributed by atoms with van der Waals surface area (Å²) in [5.41, 5.74) is 2.49. The summed E-state index contributed by atoms with van der Waals surface area (Å²) in [5, 5.41) is 6.34. The molecular weight excluding hydrogens is 274 g/mol. The summed E-state index contributed by atoms with van der Waals surface area (Å²) in [5.74, 6) is 7.20. The molecule has 0 bridgehead atoms. The van der Waals surface area contributed by atoms with E-state index in [4.69, 9.17) is 10.6 Å². The van der Waals surface area contributed by atoms with E-state index in [2.05, 4.69) is 34.6 Å². The third kappa shape index (κ3) is 4.03. The average Bonchev–Trinajstić information content (AvgIpc) is 2.90. The highest BCUT2D eigenvalue weighted by Crippen LogP contribution is 2.26. The van der Waals surface area contributed by atoms with Gasteiger partial charge in [-0.1, -0.05) is 13.8 Å². The van der Waals surface area contributed by atoms with Crippen LogP contribution in [0.4, 0.5) is 11.8 Å². The third-order valence-electron chi connectivity index (χ3n) is 2.66. The number of nitrogens with zero attached hydrogens (tertiary/aromatic N) is 2. The van der Waals surface area contributed by atoms with E-state index in [9.17, 15) is 0 Å². The zero-order valence-corrected chi connectivity index (χ0v) is 12.7. The average molecular weight is 295 g/mol. The fourth-order valence-corrected chi connectivity index (χ4v) is 2.52. The lowest BCUT2D eigenvalue weighted by Crippen LogP contribution is -2.13. The van der Waals surface area contributed by atoms with Crippen LogP contribution in [0.5, 0.6) is 0 Å². The van der Waals surface area contributed by atoms with Crippen LogP contribution in [0, 0.1) is 5.92 Å². The number of nitrogens with one attached hydrogen (secondary N) is 2. The van der Waals surface area contributed by atoms with Crippen molar-refractivity contribution >= 4 is 33.3 Å². The number of hydrazine groups is 1. The van der Waals surface area contributed by atoms with E-state index in [1.807, 2.05) is 11.4 Å². The van der Waals surface area contributed by atoms with Crippen molar-refractivity contribution in [2.45, 2.75) is 20.3 Å². The van der Waals surface area contributed by atoms with Crippen molar-refractivity contribution in [2.24, 2.45) is 11.8 Å². The van der Waals surface area contributed by atoms with Crippen molar-refractivity contribution < 1.29 is 4.74 Å². The van der Waals surface area contributed by atoms with Crippen molar-refractivity contribution in [1.82, 2.24) is 9.97 Å². The van der Waals surface area contributed by atoms with E-state index in [-0.39, 0.29) is 0 Å². The molecule has 7 heteroatoms. The minimum Gasteiger partial charge on any atom is -0.381 e. The Morgan fingerprint density at radius 1 is 1.40 bits per heavy atom. The molecule has 0 saturated heterocycles. The maximum atomic E-state index is 5.55. The molecule has 0 aromatic carbocycles. The normalized spacial score (nSPS) is 11.2. The number of aromatic nitrogens is 2. The Balaban J connectivity index is 1.87. The smallest absolute Gasteiger partial charge is 0.240 e. The molecule has 110 valence electrons. The SMILES string of the molecule is CC(C)COCCCNc1nc(NN)nc2sccc12. The molecule has 0 radical (unpaired) electrons. The van der Waals surface area contributed by atoms with Crippen LogP contribution in [0.15, 0.2) is 11.4 Å². The molecule has 0 saturated carbocycles. The van der Waals surface area contributed by atoms with Gasteiger partial charge in [0.1, 0.15) is 10.6 Å². The first kappa shape index (κ1) is 15.0. The molecule has 6 nitrogen and oxygen atoms in total. The van der Waals surface area contributed by atoms with E-state index < -0.39 is 0 Å². The van der Waals surface area contributed by atoms with Crippen molar-refractivity contribution in [3.05, 3.63) is 11.4 Å². The topological polar surface area (TPSA) is 85.1 Å². The predicted molar refractivity (Wildman–Crippen MR) is 84.0 cm³/mol. The van der Waals surface area contributed by atoms with Gasteiger partial charge in [0.25, 0.3) is 0 Å². The zero-order chi connectivity index (χ0) is 14.4. The fourth-order valence-electron chi connectivity index (χ4n) is 1.75. The molecule has 0 fully saturated rings. The van der Waals surface area contributed by atoms with Gasteiger partial charge in [-0.3, -0.25) is 5.43 Å². The number of hydrogen-bond acceptors (Lipinski definition) is 7. The number of nitrogen functional groups attached to an aromatic ring is 1. The number of rotatable bonds is 8. The maximum Gasteiger partial charge on any atom is 0.240 e. The predicted octanol–water partition coefficient (Wildman–Crippen LogP) is 2.45. The minimum absolute atomic E-state index is 0.429. The number of nitrogens with two attached hydrogens (primary N) is 1. The second kappa shape index (κ2) is 7.37. The van der Waals surface area contributed by atoms with E-state index >= 15 is 0 Å². The van der Waals surface area contributed by atoms with Crippen LogP contribution < -0.4 is 16.6 Å². The van der Waals surface area contributed by atoms with Gasteiger partial charge in [-0.05, 0) is 23.8 Å². The lowest BCUT2D eigenvalue weighted by Gasteiger charge is -2.09. The van der Waals surface area contributed by atoms with Crippen LogP contribution in [0.25, 0.3) is 10.2 Å². The number of thiophene rings is 1. The monoisotopic (exact) mass is 295 g/mol. The molecule has 0 amide bonds. The molecule has 0 spiro atoms. The van der Waals surface area contributed by atoms with Crippen molar-refractivity contribution in [2.75, 3.05) is 30.5 Å². The molecule has 0 atom stereocenters. The van der Waals surface area contributed by atoms with Crippen molar-refractivity contribution in [3.8, 4) is 0 Å². The molecule has 2 aromatic heterocycles. The fraction of sp³-hybridized carbons (Fsp3) is 0.538. The molecule has 0 aliphatic heterocycles. The Labute approximate surface area is 122 Å². The van der Waals surface area contributed by atoms with Crippen LogP contribution in [-0.4, -0.2) is 29.7 Å². The first-order valence-corrected chi connectivity index (χ1v) is 7.62. The second-order valence-corrected chi connectivity index (χ2v) is 5.82. The van der Waals surface area contributed by atoms with Gasteiger partial charge in [0.05, 0.1) is 5.39 Å². The summed E-state index contributed by atoms with van der Waals surface area (Å²) >= 11 is 1.57. The van der Waals surface area contributed by atoms with Crippen LogP contribution in [0.1, 0.15) is 20.3 Å². The summed E-state index contributed by atoms with van der Waals surface area (Å²) in [4.78, 5) is 9.57. The molecule has 0 unspecified atom stereocenters. The van der Waals surface area contributed by atoms with Gasteiger partial charge in [-0.2, -0.15) is 4.98 Å². The Hall–Kier alpha value is -1.44. The summed E-state index contributed by atoms with van der Waals surface area (Å²) in [6.07, 6.45) is 0.938. The summed E-state index contributed by atoms with van der Waals surface area (Å²) in [6, 6.07) is 2.01. The first-order valence-electron chi connectivity index (χ1n) is 6.74. The highest BCUT2D eigenvalue weighted by Gasteiger charge is 2.07. The lowest BCUT2D eigenvalue weighted by molar-refractivity contribution is 0.110. The molecular formula is C13H21N5OS. The van der Waals surface area contributed by atoms with Gasteiger partial charge in [-0.25, -0.2) is 10.8 Å². The van der Waals surface area contributed by atoms with Gasteiger partial charge in [0, 0.05) is 19.8 Å². The van der Waals surface area contributed by atoms with Crippen molar-refractivity contribution in [3.63, 3.8) is 0 Å². The van der Waals surface area contributed by atoms with Gasteiger partial charge < -0.3 is 10.1 Å². The minimum atomic E-state index is 0.429. The molecule has 2 heterocycles. The van der Waals surface area contributed by atoms with Crippen LogP contribution >= 0.6 is 11.3 Å². The largest absolute Gasteiger partial charge is 0.381 e. The van der Waals surface area contributed by atoms with Gasteiger partial charge in [0.2, 0.25) is 5.95 Å². The Kier molecular flexibility index (Phi) is 5.51. The summed E-state index contributed by atoms with van der Waals surface area (Å²) in [7, 11) is 0. The first-order chi connectivity index (χ1) is 9.70. The lowest BCUT2D eigenvalue weighted by atomic mass is 10.2. The maximum absolute atomic E-state index is 5.55. The summed E-state index contributed by atoms with van der Waals surface area (Å²) < 4.78 is 5.55. The second-order valence-electron chi connectivity index (χ2n) is 4.93. The molecule has 2 rings (SSSR count). The Morgan fingerprint density at radius 3 is 3.00 bits per heavy atom. The zero-order valence-electron chi connectivity index (χ0n) is 11.8. The van der Waals surface area contributed by atoms with Crippen LogP contribution in [0.3, 0.4) is 0 Å². The Bertz CT molecular complexity index is 543. The quantitative estimate of drug-likeness (QED) is 0.394. The van der Waals surface area contributed by atoms with Gasteiger partial charge >= 0.3 is 0 Å². The molecule has 2 aromatic rings. The summed E-state index contributed by atoms with van der Waals surface area (Å²) in [6.45, 7) is 6.67. The van der Waals surface area contributed by atoms with Crippen molar-refractivity contribution in [1.29, 1.82) is 0 Å². The van der Waals surface area contributed by atoms with E-state index in [0.29, 0.717) is 11.9 Å². The molecule has 0 aliphatic rings. The Morgan fingerprint density at radius 2 is 2.25 bits per heavy atom. The third-order valence-corrected chi connectivity index (χ3v) is 3.47.